The number of hydrogen-bond donors (Lipinski definition) is 2. The zero-order chi connectivity index (χ0) is 11.4. The van der Waals surface area contributed by atoms with Crippen LogP contribution < -0.4 is 0 Å². The first-order valence-electron chi connectivity index (χ1n) is 5.21. The SMILES string of the molecule is CC(C(=O)O)=C(C(=O)O)C1CCCCC1. The first kappa shape index (κ1) is 11.8. The second-order valence-corrected chi connectivity index (χ2v) is 3.98. The molecule has 0 atom stereocenters. The van der Waals surface area contributed by atoms with Crippen LogP contribution in [0, 0.1) is 5.92 Å². The standard InChI is InChI=1S/C11H16O4/c1-7(10(12)13)9(11(14)15)8-5-3-2-4-6-8/h8H,2-6H2,1H3,(H,12,13)(H,14,15). The second-order valence-electron chi connectivity index (χ2n) is 3.98. The van der Waals surface area contributed by atoms with Crippen LogP contribution in [0.3, 0.4) is 0 Å². The third-order valence-corrected chi connectivity index (χ3v) is 2.97. The molecule has 1 aliphatic carbocycles. The average molecular weight is 212 g/mol. The fourth-order valence-electron chi connectivity index (χ4n) is 2.15. The van der Waals surface area contributed by atoms with Gasteiger partial charge >= 0.3 is 11.9 Å². The molecule has 0 amide bonds. The summed E-state index contributed by atoms with van der Waals surface area (Å²) in [5.41, 5.74) is 0.0802. The summed E-state index contributed by atoms with van der Waals surface area (Å²) in [6.07, 6.45) is 4.71. The Morgan fingerprint density at radius 3 is 1.93 bits per heavy atom. The van der Waals surface area contributed by atoms with Gasteiger partial charge in [0.1, 0.15) is 0 Å². The molecular weight excluding hydrogens is 196 g/mol. The molecule has 0 aromatic heterocycles. The van der Waals surface area contributed by atoms with Gasteiger partial charge in [-0.25, -0.2) is 9.59 Å². The highest BCUT2D eigenvalue weighted by Crippen LogP contribution is 2.31. The van der Waals surface area contributed by atoms with Crippen molar-refractivity contribution in [1.82, 2.24) is 0 Å². The van der Waals surface area contributed by atoms with Gasteiger partial charge in [-0.3, -0.25) is 0 Å². The maximum atomic E-state index is 11.0. The van der Waals surface area contributed by atoms with Crippen molar-refractivity contribution >= 4 is 11.9 Å². The number of aliphatic carboxylic acids is 2. The van der Waals surface area contributed by atoms with Gasteiger partial charge in [0.05, 0.1) is 5.57 Å². The molecule has 0 saturated heterocycles. The molecule has 1 rings (SSSR count). The van der Waals surface area contributed by atoms with Crippen molar-refractivity contribution in [3.8, 4) is 0 Å². The quantitative estimate of drug-likeness (QED) is 0.702. The van der Waals surface area contributed by atoms with E-state index in [4.69, 9.17) is 10.2 Å². The molecule has 0 unspecified atom stereocenters. The molecule has 0 aromatic carbocycles. The minimum Gasteiger partial charge on any atom is -0.478 e. The van der Waals surface area contributed by atoms with Crippen LogP contribution in [0.1, 0.15) is 39.0 Å². The molecule has 84 valence electrons. The highest BCUT2D eigenvalue weighted by atomic mass is 16.4. The lowest BCUT2D eigenvalue weighted by Gasteiger charge is -2.23. The molecule has 1 aliphatic rings. The minimum atomic E-state index is -1.13. The van der Waals surface area contributed by atoms with Gasteiger partial charge in [-0.15, -0.1) is 0 Å². The van der Waals surface area contributed by atoms with Gasteiger partial charge in [-0.1, -0.05) is 19.3 Å². The Bertz CT molecular complexity index is 298. The van der Waals surface area contributed by atoms with Gasteiger partial charge in [0.2, 0.25) is 0 Å². The molecule has 0 aromatic rings. The monoisotopic (exact) mass is 212 g/mol. The van der Waals surface area contributed by atoms with Crippen LogP contribution in [0.25, 0.3) is 0 Å². The fourth-order valence-corrected chi connectivity index (χ4v) is 2.15. The normalized spacial score (nSPS) is 19.5. The first-order valence-corrected chi connectivity index (χ1v) is 5.21. The fraction of sp³-hybridized carbons (Fsp3) is 0.636. The number of carboxylic acids is 2. The number of carboxylic acid groups (broad SMARTS) is 2. The lowest BCUT2D eigenvalue weighted by molar-refractivity contribution is -0.136. The summed E-state index contributed by atoms with van der Waals surface area (Å²) in [5.74, 6) is -2.29. The minimum absolute atomic E-state index is 0.0191. The molecule has 0 aliphatic heterocycles. The summed E-state index contributed by atoms with van der Waals surface area (Å²) in [4.78, 5) is 21.8. The van der Waals surface area contributed by atoms with Gasteiger partial charge in [-0.05, 0) is 25.7 Å². The van der Waals surface area contributed by atoms with Crippen molar-refractivity contribution in [3.63, 3.8) is 0 Å². The van der Waals surface area contributed by atoms with E-state index >= 15 is 0 Å². The van der Waals surface area contributed by atoms with Crippen LogP contribution in [-0.2, 0) is 9.59 Å². The zero-order valence-corrected chi connectivity index (χ0v) is 8.82. The van der Waals surface area contributed by atoms with E-state index in [2.05, 4.69) is 0 Å². The van der Waals surface area contributed by atoms with Crippen molar-refractivity contribution in [1.29, 1.82) is 0 Å². The summed E-state index contributed by atoms with van der Waals surface area (Å²) in [7, 11) is 0. The first-order chi connectivity index (χ1) is 7.04. The van der Waals surface area contributed by atoms with Crippen molar-refractivity contribution in [3.05, 3.63) is 11.1 Å². The summed E-state index contributed by atoms with van der Waals surface area (Å²) in [6, 6.07) is 0. The molecule has 1 saturated carbocycles. The van der Waals surface area contributed by atoms with E-state index < -0.39 is 11.9 Å². The zero-order valence-electron chi connectivity index (χ0n) is 8.82. The lowest BCUT2D eigenvalue weighted by Crippen LogP contribution is -2.19. The second kappa shape index (κ2) is 4.96. The smallest absolute Gasteiger partial charge is 0.332 e. The molecule has 0 bridgehead atoms. The number of carbonyl (C=O) groups is 2. The molecule has 4 nitrogen and oxygen atoms in total. The Labute approximate surface area is 88.6 Å². The highest BCUT2D eigenvalue weighted by Gasteiger charge is 2.26. The topological polar surface area (TPSA) is 74.6 Å². The van der Waals surface area contributed by atoms with Crippen LogP contribution in [-0.4, -0.2) is 22.2 Å². The van der Waals surface area contributed by atoms with Gasteiger partial charge in [0.15, 0.2) is 0 Å². The van der Waals surface area contributed by atoms with Gasteiger partial charge in [0, 0.05) is 5.57 Å². The van der Waals surface area contributed by atoms with Crippen LogP contribution in [0.4, 0.5) is 0 Å². The molecular formula is C11H16O4. The van der Waals surface area contributed by atoms with Crippen LogP contribution in [0.15, 0.2) is 11.1 Å². The molecule has 0 heterocycles. The highest BCUT2D eigenvalue weighted by molar-refractivity contribution is 5.98. The third-order valence-electron chi connectivity index (χ3n) is 2.97. The van der Waals surface area contributed by atoms with Crippen molar-refractivity contribution < 1.29 is 19.8 Å². The Balaban J connectivity index is 2.95. The van der Waals surface area contributed by atoms with Gasteiger partial charge in [-0.2, -0.15) is 0 Å². The summed E-state index contributed by atoms with van der Waals surface area (Å²) in [5, 5.41) is 17.8. The molecule has 2 N–H and O–H groups in total. The third kappa shape index (κ3) is 2.81. The molecule has 4 heteroatoms. The molecule has 15 heavy (non-hydrogen) atoms. The Morgan fingerprint density at radius 2 is 1.53 bits per heavy atom. The van der Waals surface area contributed by atoms with Crippen LogP contribution in [0.5, 0.6) is 0 Å². The maximum absolute atomic E-state index is 11.0. The summed E-state index contributed by atoms with van der Waals surface area (Å²) < 4.78 is 0. The van der Waals surface area contributed by atoms with Gasteiger partial charge in [0.25, 0.3) is 0 Å². The van der Waals surface area contributed by atoms with Crippen molar-refractivity contribution in [2.24, 2.45) is 5.92 Å². The van der Waals surface area contributed by atoms with E-state index in [1.165, 1.54) is 6.92 Å². The average Bonchev–Trinajstić information content (AvgIpc) is 2.18. The van der Waals surface area contributed by atoms with Crippen LogP contribution in [0.2, 0.25) is 0 Å². The van der Waals surface area contributed by atoms with E-state index in [0.717, 1.165) is 32.1 Å². The van der Waals surface area contributed by atoms with E-state index in [-0.39, 0.29) is 17.1 Å². The van der Waals surface area contributed by atoms with E-state index in [1.54, 1.807) is 0 Å². The Kier molecular flexibility index (Phi) is 3.88. The predicted molar refractivity (Wildman–Crippen MR) is 54.5 cm³/mol. The largest absolute Gasteiger partial charge is 0.478 e. The Hall–Kier alpha value is -1.32. The molecule has 0 radical (unpaired) electrons. The maximum Gasteiger partial charge on any atom is 0.332 e. The number of rotatable bonds is 3. The summed E-state index contributed by atoms with van der Waals surface area (Å²) in [6.45, 7) is 1.38. The van der Waals surface area contributed by atoms with Gasteiger partial charge < -0.3 is 10.2 Å². The lowest BCUT2D eigenvalue weighted by atomic mass is 9.82. The summed E-state index contributed by atoms with van der Waals surface area (Å²) >= 11 is 0. The van der Waals surface area contributed by atoms with E-state index in [0.29, 0.717) is 0 Å². The van der Waals surface area contributed by atoms with E-state index in [1.807, 2.05) is 0 Å². The van der Waals surface area contributed by atoms with Crippen LogP contribution >= 0.6 is 0 Å². The number of hydrogen-bond acceptors (Lipinski definition) is 2. The molecule has 0 spiro atoms. The van der Waals surface area contributed by atoms with Crippen molar-refractivity contribution in [2.45, 2.75) is 39.0 Å². The Morgan fingerprint density at radius 1 is 1.00 bits per heavy atom. The van der Waals surface area contributed by atoms with Crippen molar-refractivity contribution in [2.75, 3.05) is 0 Å². The molecule has 1 fully saturated rings. The van der Waals surface area contributed by atoms with E-state index in [9.17, 15) is 9.59 Å². The predicted octanol–water partition coefficient (Wildman–Crippen LogP) is 2.05.